The Balaban J connectivity index is 1.71. The van der Waals surface area contributed by atoms with Crippen LogP contribution < -0.4 is 0 Å². The van der Waals surface area contributed by atoms with Gasteiger partial charge in [0.2, 0.25) is 5.91 Å². The quantitative estimate of drug-likeness (QED) is 0.788. The lowest BCUT2D eigenvalue weighted by Crippen LogP contribution is -2.56. The van der Waals surface area contributed by atoms with Crippen LogP contribution in [-0.2, 0) is 16.0 Å². The lowest BCUT2D eigenvalue weighted by atomic mass is 9.74. The molecule has 1 unspecified atom stereocenters. The van der Waals surface area contributed by atoms with Gasteiger partial charge < -0.3 is 9.64 Å². The molecule has 2 saturated heterocycles. The molecule has 2 heterocycles. The van der Waals surface area contributed by atoms with Crippen molar-refractivity contribution < 1.29 is 9.53 Å². The maximum Gasteiger partial charge on any atom is 0.229 e. The van der Waals surface area contributed by atoms with Gasteiger partial charge in [-0.2, -0.15) is 0 Å². The van der Waals surface area contributed by atoms with Crippen LogP contribution in [0.25, 0.3) is 0 Å². The Labute approximate surface area is 151 Å². The van der Waals surface area contributed by atoms with Crippen molar-refractivity contribution in [3.63, 3.8) is 0 Å². The molecule has 0 radical (unpaired) electrons. The van der Waals surface area contributed by atoms with Gasteiger partial charge in [-0.25, -0.2) is 0 Å². The average molecular weight is 340 g/mol. The molecule has 2 aliphatic rings. The molecule has 4 heteroatoms. The second kappa shape index (κ2) is 8.03. The minimum atomic E-state index is -0.320. The summed E-state index contributed by atoms with van der Waals surface area (Å²) in [5, 5.41) is 0. The van der Waals surface area contributed by atoms with Crippen LogP contribution in [0.4, 0.5) is 0 Å². The number of carbonyl (C=O) groups is 1. The summed E-state index contributed by atoms with van der Waals surface area (Å²) in [7, 11) is 0. The van der Waals surface area contributed by atoms with Gasteiger partial charge in [0.1, 0.15) is 0 Å². The lowest BCUT2D eigenvalue weighted by Gasteiger charge is -2.43. The van der Waals surface area contributed by atoms with E-state index in [2.05, 4.69) is 23.0 Å². The largest absolute Gasteiger partial charge is 0.381 e. The normalized spacial score (nSPS) is 22.2. The van der Waals surface area contributed by atoms with Crippen LogP contribution in [0.5, 0.6) is 0 Å². The van der Waals surface area contributed by atoms with Crippen LogP contribution in [0.1, 0.15) is 25.3 Å². The number of rotatable bonds is 4. The van der Waals surface area contributed by atoms with Gasteiger partial charge in [0.25, 0.3) is 0 Å². The molecule has 0 N–H and O–H groups in total. The first kappa shape index (κ1) is 18.0. The van der Waals surface area contributed by atoms with E-state index in [-0.39, 0.29) is 11.5 Å². The summed E-state index contributed by atoms with van der Waals surface area (Å²) < 4.78 is 5.56. The molecule has 2 aliphatic heterocycles. The Bertz CT molecular complexity index is 609. The van der Waals surface area contributed by atoms with Crippen molar-refractivity contribution in [1.82, 2.24) is 9.80 Å². The van der Waals surface area contributed by atoms with E-state index in [1.54, 1.807) is 0 Å². The number of terminal acetylenes is 1. The number of hydrogen-bond donors (Lipinski definition) is 0. The van der Waals surface area contributed by atoms with E-state index in [9.17, 15) is 4.79 Å². The van der Waals surface area contributed by atoms with Gasteiger partial charge in [-0.15, -0.1) is 6.42 Å². The van der Waals surface area contributed by atoms with Gasteiger partial charge in [-0.05, 0) is 31.7 Å². The number of nitrogens with zero attached hydrogens (tertiary/aromatic N) is 2. The monoisotopic (exact) mass is 340 g/mol. The fraction of sp³-hybridized carbons (Fsp3) is 0.571. The minimum Gasteiger partial charge on any atom is -0.381 e. The van der Waals surface area contributed by atoms with Crippen LogP contribution in [0.2, 0.25) is 0 Å². The third-order valence-corrected chi connectivity index (χ3v) is 5.68. The smallest absolute Gasteiger partial charge is 0.229 e. The fourth-order valence-electron chi connectivity index (χ4n) is 3.97. The van der Waals surface area contributed by atoms with Crippen LogP contribution in [-0.4, -0.2) is 61.1 Å². The molecule has 2 fully saturated rings. The van der Waals surface area contributed by atoms with Gasteiger partial charge in [0.15, 0.2) is 0 Å². The van der Waals surface area contributed by atoms with Crippen molar-refractivity contribution >= 4 is 5.91 Å². The Morgan fingerprint density at radius 3 is 2.44 bits per heavy atom. The molecule has 1 amide bonds. The highest BCUT2D eigenvalue weighted by Gasteiger charge is 2.43. The maximum atomic E-state index is 13.4. The van der Waals surface area contributed by atoms with Crippen molar-refractivity contribution in [1.29, 1.82) is 0 Å². The Kier molecular flexibility index (Phi) is 5.78. The van der Waals surface area contributed by atoms with Crippen molar-refractivity contribution in [3.8, 4) is 12.3 Å². The van der Waals surface area contributed by atoms with E-state index in [4.69, 9.17) is 11.2 Å². The zero-order valence-corrected chi connectivity index (χ0v) is 15.1. The summed E-state index contributed by atoms with van der Waals surface area (Å²) in [6.07, 6.45) is 7.95. The molecule has 4 nitrogen and oxygen atoms in total. The van der Waals surface area contributed by atoms with Crippen molar-refractivity contribution in [3.05, 3.63) is 35.9 Å². The summed E-state index contributed by atoms with van der Waals surface area (Å²) in [4.78, 5) is 17.8. The van der Waals surface area contributed by atoms with E-state index in [0.717, 1.165) is 45.4 Å². The molecule has 134 valence electrons. The molecule has 1 aromatic carbocycles. The topological polar surface area (TPSA) is 32.8 Å². The second-order valence-corrected chi connectivity index (χ2v) is 7.23. The molecule has 0 bridgehead atoms. The van der Waals surface area contributed by atoms with Crippen LogP contribution >= 0.6 is 0 Å². The van der Waals surface area contributed by atoms with Gasteiger partial charge in [0.05, 0.1) is 11.5 Å². The predicted molar refractivity (Wildman–Crippen MR) is 99.1 cm³/mol. The molecular formula is C21H28N2O2. The Morgan fingerprint density at radius 2 is 1.84 bits per heavy atom. The molecule has 1 aromatic rings. The number of hydrogen-bond acceptors (Lipinski definition) is 3. The number of carbonyl (C=O) groups excluding carboxylic acids is 1. The standard InChI is InChI=1S/C21H28N2O2/c1-3-18(2)22-11-13-23(14-12-22)20(24)21(9-15-25-16-10-21)17-19-7-5-4-6-8-19/h1,4-8,18H,9-17H2,2H3. The van der Waals surface area contributed by atoms with Gasteiger partial charge in [-0.1, -0.05) is 36.3 Å². The lowest BCUT2D eigenvalue weighted by molar-refractivity contribution is -0.150. The van der Waals surface area contributed by atoms with Crippen LogP contribution in [0, 0.1) is 17.8 Å². The van der Waals surface area contributed by atoms with Gasteiger partial charge >= 0.3 is 0 Å². The summed E-state index contributed by atoms with van der Waals surface area (Å²) in [6, 6.07) is 10.5. The first-order chi connectivity index (χ1) is 12.1. The highest BCUT2D eigenvalue weighted by Crippen LogP contribution is 2.36. The molecule has 0 aromatic heterocycles. The van der Waals surface area contributed by atoms with E-state index in [1.165, 1.54) is 5.56 Å². The molecular weight excluding hydrogens is 312 g/mol. The first-order valence-electron chi connectivity index (χ1n) is 9.26. The van der Waals surface area contributed by atoms with E-state index in [1.807, 2.05) is 30.0 Å². The van der Waals surface area contributed by atoms with Crippen LogP contribution in [0.15, 0.2) is 30.3 Å². The second-order valence-electron chi connectivity index (χ2n) is 7.23. The van der Waals surface area contributed by atoms with E-state index >= 15 is 0 Å². The molecule has 25 heavy (non-hydrogen) atoms. The number of benzene rings is 1. The maximum absolute atomic E-state index is 13.4. The number of ether oxygens (including phenoxy) is 1. The average Bonchev–Trinajstić information content (AvgIpc) is 2.68. The van der Waals surface area contributed by atoms with Crippen molar-refractivity contribution in [2.24, 2.45) is 5.41 Å². The van der Waals surface area contributed by atoms with Crippen molar-refractivity contribution in [2.75, 3.05) is 39.4 Å². The molecule has 3 rings (SSSR count). The SMILES string of the molecule is C#CC(C)N1CCN(C(=O)C2(Cc3ccccc3)CCOCC2)CC1. The Morgan fingerprint density at radius 1 is 1.20 bits per heavy atom. The fourth-order valence-corrected chi connectivity index (χ4v) is 3.97. The third-order valence-electron chi connectivity index (χ3n) is 5.68. The molecule has 0 spiro atoms. The third kappa shape index (κ3) is 4.05. The van der Waals surface area contributed by atoms with E-state index in [0.29, 0.717) is 19.1 Å². The minimum absolute atomic E-state index is 0.138. The summed E-state index contributed by atoms with van der Waals surface area (Å²) >= 11 is 0. The first-order valence-corrected chi connectivity index (χ1v) is 9.26. The zero-order chi connectivity index (χ0) is 17.7. The van der Waals surface area contributed by atoms with Gasteiger partial charge in [0, 0.05) is 39.4 Å². The van der Waals surface area contributed by atoms with Crippen molar-refractivity contribution in [2.45, 2.75) is 32.2 Å². The van der Waals surface area contributed by atoms with Crippen LogP contribution in [0.3, 0.4) is 0 Å². The summed E-state index contributed by atoms with van der Waals surface area (Å²) in [5.41, 5.74) is 0.914. The molecule has 0 saturated carbocycles. The summed E-state index contributed by atoms with van der Waals surface area (Å²) in [5.74, 6) is 3.09. The molecule has 1 atom stereocenters. The number of piperazine rings is 1. The highest BCUT2D eigenvalue weighted by atomic mass is 16.5. The molecule has 0 aliphatic carbocycles. The number of amides is 1. The van der Waals surface area contributed by atoms with Gasteiger partial charge in [-0.3, -0.25) is 9.69 Å². The predicted octanol–water partition coefficient (Wildman–Crippen LogP) is 2.19. The highest BCUT2D eigenvalue weighted by molar-refractivity contribution is 5.83. The zero-order valence-electron chi connectivity index (χ0n) is 15.1. The Hall–Kier alpha value is -1.83. The van der Waals surface area contributed by atoms with E-state index < -0.39 is 0 Å². The summed E-state index contributed by atoms with van der Waals surface area (Å²) in [6.45, 7) is 6.64.